The minimum Gasteiger partial charge on any atom is -0.485 e. The molecule has 4 heterocycles. The number of hydrogen-bond donors (Lipinski definition) is 2. The molecule has 1 aromatic carbocycles. The fourth-order valence-electron chi connectivity index (χ4n) is 3.39. The number of H-pyrrole nitrogens is 1. The first-order valence-electron chi connectivity index (χ1n) is 10.4. The van der Waals surface area contributed by atoms with Gasteiger partial charge in [0.1, 0.15) is 18.1 Å². The van der Waals surface area contributed by atoms with Gasteiger partial charge in [-0.15, -0.1) is 11.3 Å². The third-order valence-corrected chi connectivity index (χ3v) is 5.97. The summed E-state index contributed by atoms with van der Waals surface area (Å²) in [6, 6.07) is 14.2. The Morgan fingerprint density at radius 2 is 2.03 bits per heavy atom. The molecule has 168 valence electrons. The zero-order valence-corrected chi connectivity index (χ0v) is 18.8. The summed E-state index contributed by atoms with van der Waals surface area (Å²) in [7, 11) is 0. The van der Waals surface area contributed by atoms with Gasteiger partial charge in [-0.05, 0) is 29.5 Å². The maximum atomic E-state index is 13.1. The summed E-state index contributed by atoms with van der Waals surface area (Å²) in [4.78, 5) is 33.5. The SMILES string of the molecule is CC(C)c1cc(=O)[nH]c(-n2nc(-c3cccs3)cc2NC(=O)C2COc3ccccc3O2)n1. The number of benzene rings is 1. The summed E-state index contributed by atoms with van der Waals surface area (Å²) in [6.45, 7) is 3.98. The van der Waals surface area contributed by atoms with Gasteiger partial charge in [-0.3, -0.25) is 14.6 Å². The summed E-state index contributed by atoms with van der Waals surface area (Å²) in [5.41, 5.74) is 0.971. The van der Waals surface area contributed by atoms with E-state index in [4.69, 9.17) is 9.47 Å². The van der Waals surface area contributed by atoms with E-state index < -0.39 is 12.0 Å². The van der Waals surface area contributed by atoms with Crippen molar-refractivity contribution >= 4 is 23.1 Å². The molecule has 0 bridgehead atoms. The Bertz CT molecular complexity index is 1360. The average Bonchev–Trinajstić information content (AvgIpc) is 3.48. The van der Waals surface area contributed by atoms with Crippen molar-refractivity contribution in [2.75, 3.05) is 11.9 Å². The van der Waals surface area contributed by atoms with Crippen LogP contribution in [-0.4, -0.2) is 38.4 Å². The fraction of sp³-hybridized carbons (Fsp3) is 0.217. The molecule has 0 aliphatic carbocycles. The molecule has 3 aromatic heterocycles. The van der Waals surface area contributed by atoms with Gasteiger partial charge >= 0.3 is 0 Å². The smallest absolute Gasteiger partial charge is 0.270 e. The van der Waals surface area contributed by atoms with Crippen molar-refractivity contribution < 1.29 is 14.3 Å². The molecule has 5 rings (SSSR count). The van der Waals surface area contributed by atoms with Gasteiger partial charge in [0.05, 0.1) is 10.6 Å². The molecule has 1 atom stereocenters. The first-order chi connectivity index (χ1) is 16.0. The number of aromatic amines is 1. The lowest BCUT2D eigenvalue weighted by atomic mass is 10.1. The zero-order valence-electron chi connectivity index (χ0n) is 17.9. The predicted molar refractivity (Wildman–Crippen MR) is 124 cm³/mol. The Morgan fingerprint density at radius 1 is 1.21 bits per heavy atom. The number of hydrogen-bond acceptors (Lipinski definition) is 7. The molecular weight excluding hydrogens is 442 g/mol. The van der Waals surface area contributed by atoms with Crippen LogP contribution >= 0.6 is 11.3 Å². The number of carbonyl (C=O) groups is 1. The monoisotopic (exact) mass is 463 g/mol. The number of thiophene rings is 1. The molecule has 33 heavy (non-hydrogen) atoms. The molecule has 0 saturated carbocycles. The lowest BCUT2D eigenvalue weighted by Crippen LogP contribution is -2.40. The number of nitrogens with zero attached hydrogens (tertiary/aromatic N) is 3. The highest BCUT2D eigenvalue weighted by Crippen LogP contribution is 2.32. The number of aromatic nitrogens is 4. The Morgan fingerprint density at radius 3 is 2.79 bits per heavy atom. The number of nitrogens with one attached hydrogen (secondary N) is 2. The second-order valence-corrected chi connectivity index (χ2v) is 8.75. The van der Waals surface area contributed by atoms with Gasteiger partial charge < -0.3 is 14.8 Å². The van der Waals surface area contributed by atoms with Crippen LogP contribution in [0.15, 0.2) is 58.7 Å². The van der Waals surface area contributed by atoms with Crippen LogP contribution in [0.1, 0.15) is 25.5 Å². The van der Waals surface area contributed by atoms with Crippen molar-refractivity contribution in [2.24, 2.45) is 0 Å². The molecule has 10 heteroatoms. The number of fused-ring (bicyclic) bond motifs is 1. The average molecular weight is 464 g/mol. The molecule has 9 nitrogen and oxygen atoms in total. The highest BCUT2D eigenvalue weighted by molar-refractivity contribution is 7.13. The Hall–Kier alpha value is -3.92. The number of anilines is 1. The number of ether oxygens (including phenoxy) is 2. The Kier molecular flexibility index (Phi) is 5.43. The first kappa shape index (κ1) is 21.0. The van der Waals surface area contributed by atoms with Gasteiger partial charge in [-0.25, -0.2) is 4.98 Å². The van der Waals surface area contributed by atoms with Crippen LogP contribution in [0.5, 0.6) is 11.5 Å². The van der Waals surface area contributed by atoms with Gasteiger partial charge in [-0.2, -0.15) is 9.78 Å². The molecule has 0 radical (unpaired) electrons. The van der Waals surface area contributed by atoms with E-state index in [2.05, 4.69) is 20.4 Å². The van der Waals surface area contributed by atoms with Crippen molar-refractivity contribution in [3.8, 4) is 28.0 Å². The van der Waals surface area contributed by atoms with Crippen LogP contribution in [-0.2, 0) is 4.79 Å². The second kappa shape index (κ2) is 8.55. The highest BCUT2D eigenvalue weighted by atomic mass is 32.1. The number of para-hydroxylation sites is 2. The van der Waals surface area contributed by atoms with Crippen LogP contribution in [0.2, 0.25) is 0 Å². The molecule has 1 unspecified atom stereocenters. The van der Waals surface area contributed by atoms with Crippen LogP contribution in [0.3, 0.4) is 0 Å². The second-order valence-electron chi connectivity index (χ2n) is 7.81. The topological polar surface area (TPSA) is 111 Å². The maximum Gasteiger partial charge on any atom is 0.270 e. The van der Waals surface area contributed by atoms with E-state index in [1.807, 2.05) is 43.5 Å². The standard InChI is InChI=1S/C23H21N5O4S/c1-13(2)14-11-21(29)26-23(24-14)28-20(10-15(27-28)19-8-5-9-33-19)25-22(30)18-12-31-16-6-3-4-7-17(16)32-18/h3-11,13,18H,12H2,1-2H3,(H,25,30)(H,24,26,29). The fourth-order valence-corrected chi connectivity index (χ4v) is 4.07. The summed E-state index contributed by atoms with van der Waals surface area (Å²) in [6.07, 6.45) is -0.845. The quantitative estimate of drug-likeness (QED) is 0.468. The Balaban J connectivity index is 1.49. The van der Waals surface area contributed by atoms with Crippen LogP contribution in [0, 0.1) is 0 Å². The van der Waals surface area contributed by atoms with E-state index in [-0.39, 0.29) is 24.0 Å². The van der Waals surface area contributed by atoms with Crippen LogP contribution < -0.4 is 20.3 Å². The highest BCUT2D eigenvalue weighted by Gasteiger charge is 2.29. The number of carbonyl (C=O) groups excluding carboxylic acids is 1. The van der Waals surface area contributed by atoms with E-state index in [9.17, 15) is 9.59 Å². The summed E-state index contributed by atoms with van der Waals surface area (Å²) >= 11 is 1.52. The Labute approximate surface area is 193 Å². The third kappa shape index (κ3) is 4.24. The minimum atomic E-state index is -0.845. The summed E-state index contributed by atoms with van der Waals surface area (Å²) in [5, 5.41) is 9.41. The number of amides is 1. The molecule has 0 saturated heterocycles. The van der Waals surface area contributed by atoms with Crippen molar-refractivity contribution in [3.05, 3.63) is 70.0 Å². The molecule has 1 amide bonds. The lowest BCUT2D eigenvalue weighted by molar-refractivity contribution is -0.125. The third-order valence-electron chi connectivity index (χ3n) is 5.08. The largest absolute Gasteiger partial charge is 0.485 e. The molecule has 2 N–H and O–H groups in total. The van der Waals surface area contributed by atoms with E-state index >= 15 is 0 Å². The van der Waals surface area contributed by atoms with E-state index in [1.165, 1.54) is 22.1 Å². The summed E-state index contributed by atoms with van der Waals surface area (Å²) in [5.74, 6) is 1.33. The lowest BCUT2D eigenvalue weighted by Gasteiger charge is -2.25. The molecule has 4 aromatic rings. The molecule has 0 fully saturated rings. The van der Waals surface area contributed by atoms with Gasteiger partial charge in [0, 0.05) is 12.1 Å². The maximum absolute atomic E-state index is 13.1. The molecule has 0 spiro atoms. The number of rotatable bonds is 5. The van der Waals surface area contributed by atoms with E-state index in [0.29, 0.717) is 28.7 Å². The van der Waals surface area contributed by atoms with Gasteiger partial charge in [0.15, 0.2) is 11.5 Å². The molecule has 1 aliphatic heterocycles. The van der Waals surface area contributed by atoms with Gasteiger partial charge in [0.25, 0.3) is 11.5 Å². The molecular formula is C23H21N5O4S. The van der Waals surface area contributed by atoms with Crippen molar-refractivity contribution in [3.63, 3.8) is 0 Å². The van der Waals surface area contributed by atoms with Gasteiger partial charge in [-0.1, -0.05) is 32.0 Å². The van der Waals surface area contributed by atoms with Crippen molar-refractivity contribution in [1.82, 2.24) is 19.7 Å². The van der Waals surface area contributed by atoms with Crippen LogP contribution in [0.4, 0.5) is 5.82 Å². The zero-order chi connectivity index (χ0) is 22.9. The predicted octanol–water partition coefficient (Wildman–Crippen LogP) is 3.59. The van der Waals surface area contributed by atoms with Crippen LogP contribution in [0.25, 0.3) is 16.5 Å². The first-order valence-corrected chi connectivity index (χ1v) is 11.3. The molecule has 1 aliphatic rings. The minimum absolute atomic E-state index is 0.0456. The van der Waals surface area contributed by atoms with E-state index in [1.54, 1.807) is 18.2 Å². The van der Waals surface area contributed by atoms with Gasteiger partial charge in [0.2, 0.25) is 12.1 Å². The summed E-state index contributed by atoms with van der Waals surface area (Å²) < 4.78 is 12.9. The van der Waals surface area contributed by atoms with E-state index in [0.717, 1.165) is 4.88 Å². The normalized spacial score (nSPS) is 14.9. The van der Waals surface area contributed by atoms with Crippen molar-refractivity contribution in [1.29, 1.82) is 0 Å². The van der Waals surface area contributed by atoms with Crippen molar-refractivity contribution in [2.45, 2.75) is 25.9 Å².